The van der Waals surface area contributed by atoms with Gasteiger partial charge in [0, 0.05) is 44.9 Å². The van der Waals surface area contributed by atoms with Crippen LogP contribution in [0.1, 0.15) is 104 Å². The number of aliphatic hydroxyl groups excluding tert-OH is 1. The van der Waals surface area contributed by atoms with Crippen LogP contribution < -0.4 is 10.6 Å². The average Bonchev–Trinajstić information content (AvgIpc) is 2.80. The number of unbranched alkanes of at least 4 members (excludes halogenated alkanes) is 3. The van der Waals surface area contributed by atoms with Crippen LogP contribution in [-0.4, -0.2) is 84.8 Å². The van der Waals surface area contributed by atoms with Crippen molar-refractivity contribution in [3.8, 4) is 0 Å². The van der Waals surface area contributed by atoms with E-state index in [4.69, 9.17) is 0 Å². The highest BCUT2D eigenvalue weighted by atomic mass is 16.3. The molecule has 1 heterocycles. The molecule has 0 aromatic carbocycles. The van der Waals surface area contributed by atoms with Gasteiger partial charge in [0.15, 0.2) is 6.10 Å². The summed E-state index contributed by atoms with van der Waals surface area (Å²) in [7, 11) is 0. The Morgan fingerprint density at radius 1 is 0.722 bits per heavy atom. The first-order valence-electron chi connectivity index (χ1n) is 14.3. The predicted molar refractivity (Wildman–Crippen MR) is 143 cm³/mol. The number of carbonyl (C=O) groups excluding carboxylic acids is 4. The fourth-order valence-electron chi connectivity index (χ4n) is 4.84. The van der Waals surface area contributed by atoms with Gasteiger partial charge in [-0.25, -0.2) is 0 Å². The second kappa shape index (κ2) is 19.5. The summed E-state index contributed by atoms with van der Waals surface area (Å²) >= 11 is 0. The number of likely N-dealkylation sites (tertiary alicyclic amines) is 1. The molecule has 3 N–H and O–H groups in total. The van der Waals surface area contributed by atoms with Crippen LogP contribution in [0.25, 0.3) is 0 Å². The quantitative estimate of drug-likeness (QED) is 0.136. The summed E-state index contributed by atoms with van der Waals surface area (Å²) in [4.78, 5) is 47.2. The molecule has 1 saturated heterocycles. The first-order chi connectivity index (χ1) is 17.3. The average molecular weight is 511 g/mol. The molecule has 0 aliphatic carbocycles. The van der Waals surface area contributed by atoms with E-state index in [0.29, 0.717) is 58.2 Å². The predicted octanol–water partition coefficient (Wildman–Crippen LogP) is 3.09. The lowest BCUT2D eigenvalue weighted by Crippen LogP contribution is -2.68. The van der Waals surface area contributed by atoms with Gasteiger partial charge in [-0.15, -0.1) is 0 Å². The van der Waals surface area contributed by atoms with Crippen molar-refractivity contribution in [2.45, 2.75) is 110 Å². The molecule has 0 spiro atoms. The van der Waals surface area contributed by atoms with Crippen LogP contribution in [0.5, 0.6) is 0 Å². The minimum atomic E-state index is -0.298. The summed E-state index contributed by atoms with van der Waals surface area (Å²) in [5.41, 5.74) is 0. The highest BCUT2D eigenvalue weighted by Crippen LogP contribution is 2.21. The first kappa shape index (κ1) is 32.4. The lowest BCUT2D eigenvalue weighted by atomic mass is 10.0. The van der Waals surface area contributed by atoms with Crippen molar-refractivity contribution < 1.29 is 28.8 Å². The van der Waals surface area contributed by atoms with Crippen molar-refractivity contribution in [1.29, 1.82) is 0 Å². The Hall–Kier alpha value is -1.64. The van der Waals surface area contributed by atoms with Crippen LogP contribution in [-0.2, 0) is 19.2 Å². The third-order valence-corrected chi connectivity index (χ3v) is 7.05. The number of Topliss-reactive ketones (excluding diaryl/α,β-unsaturated/α-hetero) is 3. The summed E-state index contributed by atoms with van der Waals surface area (Å²) < 4.78 is 0.751. The van der Waals surface area contributed by atoms with E-state index >= 15 is 0 Å². The van der Waals surface area contributed by atoms with Gasteiger partial charge in [0.2, 0.25) is 5.91 Å². The van der Waals surface area contributed by atoms with Crippen molar-refractivity contribution in [3.05, 3.63) is 0 Å². The van der Waals surface area contributed by atoms with Gasteiger partial charge in [0.05, 0.1) is 19.6 Å². The van der Waals surface area contributed by atoms with E-state index in [9.17, 15) is 24.3 Å². The number of nitrogens with zero attached hydrogens (tertiary/aromatic N) is 1. The maximum Gasteiger partial charge on any atom is 0.220 e. The molecule has 1 aliphatic heterocycles. The van der Waals surface area contributed by atoms with E-state index in [0.717, 1.165) is 69.2 Å². The monoisotopic (exact) mass is 510 g/mol. The van der Waals surface area contributed by atoms with Crippen LogP contribution in [0.2, 0.25) is 0 Å². The maximum absolute atomic E-state index is 12.2. The van der Waals surface area contributed by atoms with E-state index in [1.165, 1.54) is 12.8 Å². The number of aliphatic hydroxyl groups is 1. The number of nitrogens with one attached hydrogen (secondary N) is 2. The van der Waals surface area contributed by atoms with Crippen molar-refractivity contribution in [2.24, 2.45) is 0 Å². The third kappa shape index (κ3) is 16.2. The topological polar surface area (TPSA) is 113 Å². The zero-order valence-corrected chi connectivity index (χ0v) is 23.0. The summed E-state index contributed by atoms with van der Waals surface area (Å²) in [5, 5.41) is 16.2. The smallest absolute Gasteiger partial charge is 0.220 e. The van der Waals surface area contributed by atoms with E-state index < -0.39 is 0 Å². The lowest BCUT2D eigenvalue weighted by Gasteiger charge is -2.48. The first-order valence-corrected chi connectivity index (χ1v) is 14.3. The number of amides is 1. The molecule has 0 aromatic rings. The summed E-state index contributed by atoms with van der Waals surface area (Å²) in [6, 6.07) is 0. The molecular formula is C28H52N3O5+. The maximum atomic E-state index is 12.2. The Morgan fingerprint density at radius 3 is 1.89 bits per heavy atom. The van der Waals surface area contributed by atoms with Crippen LogP contribution in [0.15, 0.2) is 0 Å². The molecule has 0 bridgehead atoms. The summed E-state index contributed by atoms with van der Waals surface area (Å²) in [6.07, 6.45) is 9.97. The van der Waals surface area contributed by atoms with Gasteiger partial charge in [0.25, 0.3) is 0 Å². The van der Waals surface area contributed by atoms with Crippen molar-refractivity contribution in [1.82, 2.24) is 10.6 Å². The van der Waals surface area contributed by atoms with Crippen molar-refractivity contribution in [2.75, 3.05) is 45.8 Å². The Bertz CT molecular complexity index is 662. The normalized spacial score (nSPS) is 19.0. The molecule has 0 atom stereocenters. The largest absolute Gasteiger partial charge is 0.382 e. The molecule has 0 radical (unpaired) electrons. The van der Waals surface area contributed by atoms with Gasteiger partial charge < -0.3 is 25.0 Å². The van der Waals surface area contributed by atoms with E-state index in [1.807, 2.05) is 0 Å². The fourth-order valence-corrected chi connectivity index (χ4v) is 4.84. The van der Waals surface area contributed by atoms with E-state index in [1.54, 1.807) is 6.92 Å². The molecule has 208 valence electrons. The molecule has 8 nitrogen and oxygen atoms in total. The molecule has 0 aromatic heterocycles. The number of hydrogen-bond acceptors (Lipinski definition) is 6. The standard InChI is InChI=1S/C28H51N3O5/c1-3-4-17-29-18-9-14-25(33)13-7-8-16-28(36)30-19-21-31(22-27(35)23-31)20-10-15-26(34)12-6-5-11-24(2)32/h27,29,35H,3-23H2,1-2H3/p+1. The molecule has 1 fully saturated rings. The third-order valence-electron chi connectivity index (χ3n) is 7.05. The fraction of sp³-hybridized carbons (Fsp3) is 0.857. The SMILES string of the molecule is CCCCNCCCC(=O)CCCCC(=O)NCC[N+]1(CCCC(=O)CCCCC(C)=O)CC(O)C1. The lowest BCUT2D eigenvalue weighted by molar-refractivity contribution is -0.971. The summed E-state index contributed by atoms with van der Waals surface area (Å²) in [5.74, 6) is 0.713. The molecular weight excluding hydrogens is 458 g/mol. The number of rotatable bonds is 24. The number of quaternary nitrogens is 1. The molecule has 1 rings (SSSR count). The second-order valence-corrected chi connectivity index (χ2v) is 10.7. The number of carbonyl (C=O) groups is 4. The zero-order chi connectivity index (χ0) is 26.7. The number of ketones is 3. The number of hydrogen-bond donors (Lipinski definition) is 3. The van der Waals surface area contributed by atoms with Crippen LogP contribution >= 0.6 is 0 Å². The van der Waals surface area contributed by atoms with Gasteiger partial charge >= 0.3 is 0 Å². The van der Waals surface area contributed by atoms with Crippen LogP contribution in [0.4, 0.5) is 0 Å². The Kier molecular flexibility index (Phi) is 17.5. The second-order valence-electron chi connectivity index (χ2n) is 10.7. The molecule has 1 amide bonds. The zero-order valence-electron chi connectivity index (χ0n) is 23.0. The van der Waals surface area contributed by atoms with Gasteiger partial charge in [-0.05, 0) is 58.5 Å². The Morgan fingerprint density at radius 2 is 1.28 bits per heavy atom. The van der Waals surface area contributed by atoms with Crippen LogP contribution in [0, 0.1) is 0 Å². The Labute approximate surface area is 218 Å². The van der Waals surface area contributed by atoms with Crippen molar-refractivity contribution in [3.63, 3.8) is 0 Å². The van der Waals surface area contributed by atoms with Gasteiger partial charge in [-0.1, -0.05) is 13.3 Å². The van der Waals surface area contributed by atoms with E-state index in [2.05, 4.69) is 17.6 Å². The summed E-state index contributed by atoms with van der Waals surface area (Å²) in [6.45, 7) is 9.17. The molecule has 8 heteroatoms. The van der Waals surface area contributed by atoms with Gasteiger partial charge in [-0.2, -0.15) is 0 Å². The molecule has 0 saturated carbocycles. The van der Waals surface area contributed by atoms with Crippen molar-refractivity contribution >= 4 is 23.3 Å². The molecule has 36 heavy (non-hydrogen) atoms. The minimum Gasteiger partial charge on any atom is -0.382 e. The van der Waals surface area contributed by atoms with Crippen LogP contribution in [0.3, 0.4) is 0 Å². The van der Waals surface area contributed by atoms with Gasteiger partial charge in [-0.3, -0.25) is 14.4 Å². The van der Waals surface area contributed by atoms with E-state index in [-0.39, 0.29) is 29.4 Å². The molecule has 1 aliphatic rings. The highest BCUT2D eigenvalue weighted by molar-refractivity contribution is 5.79. The van der Waals surface area contributed by atoms with Gasteiger partial charge in [0.1, 0.15) is 30.4 Å². The highest BCUT2D eigenvalue weighted by Gasteiger charge is 2.42. The molecule has 0 unspecified atom stereocenters. The Balaban J connectivity index is 2.10. The minimum absolute atomic E-state index is 0.0162.